The quantitative estimate of drug-likeness (QED) is 0.374. The summed E-state index contributed by atoms with van der Waals surface area (Å²) in [6.45, 7) is 7.78. The van der Waals surface area contributed by atoms with Gasteiger partial charge in [0.05, 0.1) is 18.0 Å². The molecule has 0 aliphatic rings. The largest absolute Gasteiger partial charge is 0.465 e. The molecule has 0 saturated carbocycles. The Labute approximate surface area is 217 Å². The van der Waals surface area contributed by atoms with Gasteiger partial charge in [0.2, 0.25) is 5.91 Å². The lowest BCUT2D eigenvalue weighted by Crippen LogP contribution is -2.46. The van der Waals surface area contributed by atoms with E-state index in [4.69, 9.17) is 9.84 Å². The highest BCUT2D eigenvalue weighted by Gasteiger charge is 2.23. The highest BCUT2D eigenvalue weighted by Crippen LogP contribution is 2.33. The van der Waals surface area contributed by atoms with E-state index in [1.54, 1.807) is 11.6 Å². The number of esters is 1. The Kier molecular flexibility index (Phi) is 9.83. The molecule has 9 nitrogen and oxygen atoms in total. The van der Waals surface area contributed by atoms with Crippen LogP contribution in [0, 0.1) is 13.8 Å². The molecule has 2 N–H and O–H groups in total. The highest BCUT2D eigenvalue weighted by molar-refractivity contribution is 5.98. The van der Waals surface area contributed by atoms with Crippen molar-refractivity contribution >= 4 is 23.7 Å². The van der Waals surface area contributed by atoms with E-state index in [0.717, 1.165) is 40.9 Å². The van der Waals surface area contributed by atoms with Crippen LogP contribution < -0.4 is 10.6 Å². The minimum absolute atomic E-state index is 0.180. The third-order valence-electron chi connectivity index (χ3n) is 5.75. The van der Waals surface area contributed by atoms with Crippen LogP contribution in [-0.4, -0.2) is 58.8 Å². The Morgan fingerprint density at radius 2 is 1.70 bits per heavy atom. The number of urea groups is 1. The number of rotatable bonds is 11. The van der Waals surface area contributed by atoms with Gasteiger partial charge in [0.15, 0.2) is 0 Å². The standard InChI is InChI=1S/C28H35N5O4/c1-5-7-17-32(28(36)29-18-25(35)37-6-2)19-24(34)30-27-26(22-11-9-8-10-12-22)21(4)31-33(27)23-15-13-20(3)14-16-23/h8-16H,5-7,17-19H2,1-4H3,(H,29,36)(H,30,34). The number of benzene rings is 2. The lowest BCUT2D eigenvalue weighted by Gasteiger charge is -2.22. The van der Waals surface area contributed by atoms with Crippen molar-refractivity contribution in [3.05, 3.63) is 65.9 Å². The van der Waals surface area contributed by atoms with Crippen LogP contribution in [0.15, 0.2) is 54.6 Å². The normalized spacial score (nSPS) is 10.6. The van der Waals surface area contributed by atoms with Crippen molar-refractivity contribution in [1.29, 1.82) is 0 Å². The predicted octanol–water partition coefficient (Wildman–Crippen LogP) is 4.47. The van der Waals surface area contributed by atoms with Gasteiger partial charge < -0.3 is 20.3 Å². The fraction of sp³-hybridized carbons (Fsp3) is 0.357. The smallest absolute Gasteiger partial charge is 0.325 e. The number of nitrogens with zero attached hydrogens (tertiary/aromatic N) is 3. The number of amides is 3. The maximum absolute atomic E-state index is 13.3. The van der Waals surface area contributed by atoms with Gasteiger partial charge in [0.1, 0.15) is 18.9 Å². The molecule has 3 rings (SSSR count). The summed E-state index contributed by atoms with van der Waals surface area (Å²) in [5, 5.41) is 10.3. The molecular weight excluding hydrogens is 470 g/mol. The molecule has 0 aliphatic heterocycles. The molecule has 196 valence electrons. The predicted molar refractivity (Wildman–Crippen MR) is 144 cm³/mol. The summed E-state index contributed by atoms with van der Waals surface area (Å²) >= 11 is 0. The van der Waals surface area contributed by atoms with E-state index in [-0.39, 0.29) is 25.6 Å². The summed E-state index contributed by atoms with van der Waals surface area (Å²) in [6.07, 6.45) is 1.57. The van der Waals surface area contributed by atoms with E-state index in [1.165, 1.54) is 4.90 Å². The highest BCUT2D eigenvalue weighted by atomic mass is 16.5. The molecule has 3 amide bonds. The molecule has 1 aromatic heterocycles. The molecule has 3 aromatic rings. The lowest BCUT2D eigenvalue weighted by atomic mass is 10.1. The molecule has 0 bridgehead atoms. The molecule has 0 unspecified atom stereocenters. The van der Waals surface area contributed by atoms with Gasteiger partial charge in [-0.2, -0.15) is 5.10 Å². The van der Waals surface area contributed by atoms with Crippen molar-refractivity contribution in [1.82, 2.24) is 20.0 Å². The lowest BCUT2D eigenvalue weighted by molar-refractivity contribution is -0.141. The number of nitrogens with one attached hydrogen (secondary N) is 2. The number of hydrogen-bond acceptors (Lipinski definition) is 5. The first kappa shape index (κ1) is 27.4. The molecule has 9 heteroatoms. The molecule has 1 heterocycles. The number of aryl methyl sites for hydroxylation is 2. The van der Waals surface area contributed by atoms with E-state index >= 15 is 0 Å². The van der Waals surface area contributed by atoms with Gasteiger partial charge in [-0.25, -0.2) is 9.48 Å². The van der Waals surface area contributed by atoms with Crippen molar-refractivity contribution in [3.8, 4) is 16.8 Å². The monoisotopic (exact) mass is 505 g/mol. The van der Waals surface area contributed by atoms with Crippen molar-refractivity contribution in [2.75, 3.05) is 31.6 Å². The number of aromatic nitrogens is 2. The summed E-state index contributed by atoms with van der Waals surface area (Å²) < 4.78 is 6.59. The fourth-order valence-corrected chi connectivity index (χ4v) is 3.88. The topological polar surface area (TPSA) is 106 Å². The van der Waals surface area contributed by atoms with Crippen molar-refractivity contribution in [2.45, 2.75) is 40.5 Å². The van der Waals surface area contributed by atoms with E-state index < -0.39 is 12.0 Å². The third-order valence-corrected chi connectivity index (χ3v) is 5.75. The van der Waals surface area contributed by atoms with Crippen LogP contribution in [0.4, 0.5) is 10.6 Å². The summed E-state index contributed by atoms with van der Waals surface area (Å²) in [6, 6.07) is 17.1. The zero-order valence-corrected chi connectivity index (χ0v) is 21.9. The van der Waals surface area contributed by atoms with Crippen LogP contribution in [0.5, 0.6) is 0 Å². The maximum atomic E-state index is 13.3. The summed E-state index contributed by atoms with van der Waals surface area (Å²) in [5.74, 6) is -0.367. The zero-order valence-electron chi connectivity index (χ0n) is 21.9. The average molecular weight is 506 g/mol. The number of anilines is 1. The third kappa shape index (κ3) is 7.42. The zero-order chi connectivity index (χ0) is 26.8. The molecule has 37 heavy (non-hydrogen) atoms. The van der Waals surface area contributed by atoms with Gasteiger partial charge >= 0.3 is 12.0 Å². The number of hydrogen-bond donors (Lipinski definition) is 2. The van der Waals surface area contributed by atoms with Crippen LogP contribution in [0.2, 0.25) is 0 Å². The summed E-state index contributed by atoms with van der Waals surface area (Å²) in [4.78, 5) is 39.1. The summed E-state index contributed by atoms with van der Waals surface area (Å²) in [5.41, 5.74) is 4.41. The Hall–Kier alpha value is -4.14. The van der Waals surface area contributed by atoms with Crippen LogP contribution in [0.1, 0.15) is 37.9 Å². The van der Waals surface area contributed by atoms with Crippen molar-refractivity contribution < 1.29 is 19.1 Å². The van der Waals surface area contributed by atoms with E-state index in [2.05, 4.69) is 10.6 Å². The van der Waals surface area contributed by atoms with E-state index in [0.29, 0.717) is 12.4 Å². The van der Waals surface area contributed by atoms with Gasteiger partial charge in [0, 0.05) is 12.1 Å². The molecule has 0 aliphatic carbocycles. The van der Waals surface area contributed by atoms with E-state index in [1.807, 2.05) is 75.4 Å². The fourth-order valence-electron chi connectivity index (χ4n) is 3.88. The molecule has 0 radical (unpaired) electrons. The second kappa shape index (κ2) is 13.2. The molecule has 0 atom stereocenters. The first-order valence-corrected chi connectivity index (χ1v) is 12.5. The second-order valence-corrected chi connectivity index (χ2v) is 8.71. The Morgan fingerprint density at radius 3 is 2.35 bits per heavy atom. The van der Waals surface area contributed by atoms with Crippen molar-refractivity contribution in [3.63, 3.8) is 0 Å². The number of ether oxygens (including phenoxy) is 1. The van der Waals surface area contributed by atoms with Gasteiger partial charge in [-0.15, -0.1) is 0 Å². The molecule has 0 spiro atoms. The molecule has 0 saturated heterocycles. The maximum Gasteiger partial charge on any atom is 0.325 e. The van der Waals surface area contributed by atoms with Crippen LogP contribution in [0.25, 0.3) is 16.8 Å². The Bertz CT molecular complexity index is 1210. The first-order valence-electron chi connectivity index (χ1n) is 12.5. The second-order valence-electron chi connectivity index (χ2n) is 8.71. The number of carbonyl (C=O) groups excluding carboxylic acids is 3. The van der Waals surface area contributed by atoms with Gasteiger partial charge in [-0.1, -0.05) is 61.4 Å². The van der Waals surface area contributed by atoms with Gasteiger partial charge in [-0.05, 0) is 44.9 Å². The average Bonchev–Trinajstić information content (AvgIpc) is 3.21. The van der Waals surface area contributed by atoms with Crippen molar-refractivity contribution in [2.24, 2.45) is 0 Å². The minimum atomic E-state index is -0.527. The molecular formula is C28H35N5O4. The SMILES string of the molecule is CCCCN(CC(=O)Nc1c(-c2ccccc2)c(C)nn1-c1ccc(C)cc1)C(=O)NCC(=O)OCC. The first-order chi connectivity index (χ1) is 17.8. The minimum Gasteiger partial charge on any atom is -0.465 e. The van der Waals surface area contributed by atoms with Crippen LogP contribution in [0.3, 0.4) is 0 Å². The van der Waals surface area contributed by atoms with E-state index in [9.17, 15) is 14.4 Å². The Morgan fingerprint density at radius 1 is 1.00 bits per heavy atom. The number of unbranched alkanes of at least 4 members (excludes halogenated alkanes) is 1. The Balaban J connectivity index is 1.88. The van der Waals surface area contributed by atoms with Crippen LogP contribution in [-0.2, 0) is 14.3 Å². The molecule has 2 aromatic carbocycles. The summed E-state index contributed by atoms with van der Waals surface area (Å²) in [7, 11) is 0. The van der Waals surface area contributed by atoms with Gasteiger partial charge in [0.25, 0.3) is 0 Å². The number of carbonyl (C=O) groups is 3. The molecule has 0 fully saturated rings. The van der Waals surface area contributed by atoms with Crippen LogP contribution >= 0.6 is 0 Å². The van der Waals surface area contributed by atoms with Gasteiger partial charge in [-0.3, -0.25) is 9.59 Å².